The van der Waals surface area contributed by atoms with Crippen LogP contribution < -0.4 is 4.90 Å². The average molecular weight is 261 g/mol. The molecule has 1 amide bonds. The Labute approximate surface area is 113 Å². The van der Waals surface area contributed by atoms with Gasteiger partial charge in [0.25, 0.3) is 0 Å². The van der Waals surface area contributed by atoms with Gasteiger partial charge in [-0.25, -0.2) is 0 Å². The summed E-state index contributed by atoms with van der Waals surface area (Å²) in [7, 11) is 1.30. The fraction of sp³-hybridized carbons (Fsp3) is 0.467. The minimum Gasteiger partial charge on any atom is -0.469 e. The number of carbonyl (C=O) groups is 2. The van der Waals surface area contributed by atoms with Crippen molar-refractivity contribution in [3.05, 3.63) is 29.8 Å². The Hall–Kier alpha value is -1.84. The van der Waals surface area contributed by atoms with E-state index in [0.717, 1.165) is 24.9 Å². The molecule has 1 heterocycles. The molecule has 0 saturated carbocycles. The van der Waals surface area contributed by atoms with Gasteiger partial charge >= 0.3 is 5.97 Å². The largest absolute Gasteiger partial charge is 0.469 e. The van der Waals surface area contributed by atoms with Gasteiger partial charge in [-0.3, -0.25) is 9.59 Å². The molecule has 1 atom stereocenters. The number of esters is 1. The number of hydrogen-bond donors (Lipinski definition) is 0. The highest BCUT2D eigenvalue weighted by Gasteiger charge is 2.30. The summed E-state index contributed by atoms with van der Waals surface area (Å²) in [5.41, 5.74) is 2.11. The standard InChI is InChI=1S/C15H19NO3/c1-3-12-9-8-11-6-4-5-7-13(11)16(12)14(17)10-15(18)19-2/h4-7,12H,3,8-10H2,1-2H3. The molecular weight excluding hydrogens is 242 g/mol. The summed E-state index contributed by atoms with van der Waals surface area (Å²) in [5, 5.41) is 0. The fourth-order valence-corrected chi connectivity index (χ4v) is 2.61. The lowest BCUT2D eigenvalue weighted by Gasteiger charge is -2.36. The molecule has 102 valence electrons. The predicted molar refractivity (Wildman–Crippen MR) is 73.0 cm³/mol. The summed E-state index contributed by atoms with van der Waals surface area (Å²) in [4.78, 5) is 25.4. The first-order chi connectivity index (χ1) is 9.17. The molecule has 1 aliphatic rings. The van der Waals surface area contributed by atoms with E-state index in [-0.39, 0.29) is 18.4 Å². The van der Waals surface area contributed by atoms with Crippen LogP contribution in [0.3, 0.4) is 0 Å². The Morgan fingerprint density at radius 1 is 1.37 bits per heavy atom. The molecule has 0 N–H and O–H groups in total. The van der Waals surface area contributed by atoms with Gasteiger partial charge in [-0.05, 0) is 30.9 Å². The minimum absolute atomic E-state index is 0.173. The molecule has 1 aromatic carbocycles. The zero-order valence-corrected chi connectivity index (χ0v) is 11.4. The van der Waals surface area contributed by atoms with Crippen LogP contribution in [0, 0.1) is 0 Å². The number of anilines is 1. The highest BCUT2D eigenvalue weighted by molar-refractivity contribution is 6.04. The van der Waals surface area contributed by atoms with Gasteiger partial charge < -0.3 is 9.64 Å². The van der Waals surface area contributed by atoms with Crippen LogP contribution in [0.5, 0.6) is 0 Å². The molecule has 1 aromatic rings. The Morgan fingerprint density at radius 3 is 2.79 bits per heavy atom. The molecule has 0 aromatic heterocycles. The van der Waals surface area contributed by atoms with E-state index in [1.165, 1.54) is 12.7 Å². The number of carbonyl (C=O) groups excluding carboxylic acids is 2. The lowest BCUT2D eigenvalue weighted by atomic mass is 9.94. The van der Waals surface area contributed by atoms with Gasteiger partial charge in [0.15, 0.2) is 0 Å². The number of nitrogens with zero attached hydrogens (tertiary/aromatic N) is 1. The number of aryl methyl sites for hydroxylation is 1. The zero-order valence-electron chi connectivity index (χ0n) is 11.4. The summed E-state index contributed by atoms with van der Waals surface area (Å²) in [6.07, 6.45) is 2.62. The van der Waals surface area contributed by atoms with Gasteiger partial charge in [-0.2, -0.15) is 0 Å². The zero-order chi connectivity index (χ0) is 13.8. The van der Waals surface area contributed by atoms with Gasteiger partial charge in [0.1, 0.15) is 6.42 Å². The van der Waals surface area contributed by atoms with Crippen molar-refractivity contribution in [3.8, 4) is 0 Å². The number of ether oxygens (including phenoxy) is 1. The normalized spacial score (nSPS) is 17.8. The minimum atomic E-state index is -0.483. The van der Waals surface area contributed by atoms with Crippen molar-refractivity contribution >= 4 is 17.6 Å². The maximum Gasteiger partial charge on any atom is 0.315 e. The first-order valence-electron chi connectivity index (χ1n) is 6.64. The smallest absolute Gasteiger partial charge is 0.315 e. The number of hydrogen-bond acceptors (Lipinski definition) is 3. The molecule has 19 heavy (non-hydrogen) atoms. The van der Waals surface area contributed by atoms with Crippen LogP contribution in [0.2, 0.25) is 0 Å². The lowest BCUT2D eigenvalue weighted by Crippen LogP contribution is -2.44. The maximum atomic E-state index is 12.3. The van der Waals surface area contributed by atoms with E-state index < -0.39 is 5.97 Å². The third-order valence-corrected chi connectivity index (χ3v) is 3.63. The number of para-hydroxylation sites is 1. The molecule has 0 saturated heterocycles. The number of fused-ring (bicyclic) bond motifs is 1. The highest BCUT2D eigenvalue weighted by Crippen LogP contribution is 2.32. The van der Waals surface area contributed by atoms with Crippen molar-refractivity contribution in [2.45, 2.75) is 38.6 Å². The summed E-state index contributed by atoms with van der Waals surface area (Å²) in [6.45, 7) is 2.07. The van der Waals surface area contributed by atoms with E-state index in [1.807, 2.05) is 24.3 Å². The second-order valence-corrected chi connectivity index (χ2v) is 4.75. The van der Waals surface area contributed by atoms with Gasteiger partial charge in [0, 0.05) is 11.7 Å². The molecule has 0 bridgehead atoms. The topological polar surface area (TPSA) is 46.6 Å². The summed E-state index contributed by atoms with van der Waals surface area (Å²) >= 11 is 0. The van der Waals surface area contributed by atoms with Crippen LogP contribution >= 0.6 is 0 Å². The molecule has 2 rings (SSSR count). The second kappa shape index (κ2) is 5.87. The average Bonchev–Trinajstić information content (AvgIpc) is 2.45. The van der Waals surface area contributed by atoms with E-state index in [2.05, 4.69) is 11.7 Å². The summed E-state index contributed by atoms with van der Waals surface area (Å²) in [5.74, 6) is -0.659. The van der Waals surface area contributed by atoms with E-state index in [0.29, 0.717) is 0 Å². The van der Waals surface area contributed by atoms with Crippen molar-refractivity contribution in [1.29, 1.82) is 0 Å². The SMILES string of the molecule is CCC1CCc2ccccc2N1C(=O)CC(=O)OC. The highest BCUT2D eigenvalue weighted by atomic mass is 16.5. The quantitative estimate of drug-likeness (QED) is 0.619. The predicted octanol–water partition coefficient (Wildman–Crippen LogP) is 2.31. The van der Waals surface area contributed by atoms with E-state index in [9.17, 15) is 9.59 Å². The summed E-state index contributed by atoms with van der Waals surface area (Å²) < 4.78 is 4.58. The molecule has 0 fully saturated rings. The van der Waals surface area contributed by atoms with E-state index in [1.54, 1.807) is 4.90 Å². The van der Waals surface area contributed by atoms with E-state index in [4.69, 9.17) is 0 Å². The first kappa shape index (κ1) is 13.6. The van der Waals surface area contributed by atoms with Crippen LogP contribution in [0.1, 0.15) is 31.7 Å². The third kappa shape index (κ3) is 2.78. The molecule has 4 heteroatoms. The van der Waals surface area contributed by atoms with Crippen LogP contribution in [0.15, 0.2) is 24.3 Å². The van der Waals surface area contributed by atoms with Crippen molar-refractivity contribution < 1.29 is 14.3 Å². The third-order valence-electron chi connectivity index (χ3n) is 3.63. The van der Waals surface area contributed by atoms with Gasteiger partial charge in [-0.15, -0.1) is 0 Å². The van der Waals surface area contributed by atoms with Crippen LogP contribution in [0.4, 0.5) is 5.69 Å². The van der Waals surface area contributed by atoms with Gasteiger partial charge in [0.2, 0.25) is 5.91 Å². The second-order valence-electron chi connectivity index (χ2n) is 4.75. The first-order valence-corrected chi connectivity index (χ1v) is 6.64. The van der Waals surface area contributed by atoms with Crippen molar-refractivity contribution in [2.24, 2.45) is 0 Å². The van der Waals surface area contributed by atoms with Crippen molar-refractivity contribution in [3.63, 3.8) is 0 Å². The van der Waals surface area contributed by atoms with E-state index >= 15 is 0 Å². The Morgan fingerprint density at radius 2 is 2.11 bits per heavy atom. The number of benzene rings is 1. The van der Waals surface area contributed by atoms with Gasteiger partial charge in [0.05, 0.1) is 7.11 Å². The van der Waals surface area contributed by atoms with Crippen molar-refractivity contribution in [1.82, 2.24) is 0 Å². The molecule has 0 radical (unpaired) electrons. The van der Waals surface area contributed by atoms with Crippen LogP contribution in [-0.2, 0) is 20.7 Å². The lowest BCUT2D eigenvalue weighted by molar-refractivity contribution is -0.143. The molecular formula is C15H19NO3. The van der Waals surface area contributed by atoms with Gasteiger partial charge in [-0.1, -0.05) is 25.1 Å². The summed E-state index contributed by atoms with van der Waals surface area (Å²) in [6, 6.07) is 8.07. The Balaban J connectivity index is 2.29. The fourth-order valence-electron chi connectivity index (χ4n) is 2.61. The molecule has 0 spiro atoms. The monoisotopic (exact) mass is 261 g/mol. The molecule has 4 nitrogen and oxygen atoms in total. The molecule has 1 unspecified atom stereocenters. The number of amides is 1. The Bertz CT molecular complexity index is 484. The molecule has 1 aliphatic heterocycles. The maximum absolute atomic E-state index is 12.3. The Kier molecular flexibility index (Phi) is 4.20. The van der Waals surface area contributed by atoms with Crippen LogP contribution in [0.25, 0.3) is 0 Å². The number of rotatable bonds is 3. The van der Waals surface area contributed by atoms with Crippen molar-refractivity contribution in [2.75, 3.05) is 12.0 Å². The number of methoxy groups -OCH3 is 1. The van der Waals surface area contributed by atoms with Crippen LogP contribution in [-0.4, -0.2) is 25.0 Å². The molecule has 0 aliphatic carbocycles.